The molecule has 1 unspecified atom stereocenters. The number of carbonyl (C=O) groups excluding carboxylic acids is 2. The summed E-state index contributed by atoms with van der Waals surface area (Å²) in [7, 11) is 0. The van der Waals surface area contributed by atoms with Crippen molar-refractivity contribution in [2.75, 3.05) is 0 Å². The topological polar surface area (TPSA) is 69.4 Å². The molecule has 5 heteroatoms. The van der Waals surface area contributed by atoms with Crippen molar-refractivity contribution >= 4 is 23.2 Å². The minimum Gasteiger partial charge on any atom is -0.443 e. The van der Waals surface area contributed by atoms with Gasteiger partial charge in [-0.2, -0.15) is 0 Å². The van der Waals surface area contributed by atoms with Crippen molar-refractivity contribution in [3.05, 3.63) is 57.3 Å². The monoisotopic (exact) mass is 303 g/mol. The first-order chi connectivity index (χ1) is 10.0. The molecule has 4 nitrogen and oxygen atoms in total. The number of esters is 1. The summed E-state index contributed by atoms with van der Waals surface area (Å²) in [4.78, 5) is 25.3. The standard InChI is InChI=1S/C16H17NO3S/c1-3-11-9-13(21-10(11)2)16(19)20-14(15(17)18)12-7-5-4-6-8-12/h4-9,14H,3H2,1-2H3,(H2,17,18). The van der Waals surface area contributed by atoms with Crippen molar-refractivity contribution in [1.29, 1.82) is 0 Å². The first-order valence-electron chi connectivity index (χ1n) is 6.67. The van der Waals surface area contributed by atoms with E-state index in [0.717, 1.165) is 16.9 Å². The third-order valence-electron chi connectivity index (χ3n) is 3.19. The Morgan fingerprint density at radius 2 is 1.95 bits per heavy atom. The Balaban J connectivity index is 2.21. The van der Waals surface area contributed by atoms with Crippen molar-refractivity contribution in [3.63, 3.8) is 0 Å². The van der Waals surface area contributed by atoms with Crippen molar-refractivity contribution in [3.8, 4) is 0 Å². The Morgan fingerprint density at radius 3 is 2.48 bits per heavy atom. The van der Waals surface area contributed by atoms with E-state index in [1.807, 2.05) is 26.0 Å². The van der Waals surface area contributed by atoms with Crippen LogP contribution >= 0.6 is 11.3 Å². The Labute approximate surface area is 127 Å². The van der Waals surface area contributed by atoms with Crippen LogP contribution < -0.4 is 5.73 Å². The fourth-order valence-electron chi connectivity index (χ4n) is 2.05. The molecule has 1 aromatic heterocycles. The van der Waals surface area contributed by atoms with E-state index in [9.17, 15) is 9.59 Å². The van der Waals surface area contributed by atoms with Crippen molar-refractivity contribution in [1.82, 2.24) is 0 Å². The summed E-state index contributed by atoms with van der Waals surface area (Å²) in [6, 6.07) is 10.6. The molecule has 21 heavy (non-hydrogen) atoms. The van der Waals surface area contributed by atoms with E-state index in [4.69, 9.17) is 10.5 Å². The van der Waals surface area contributed by atoms with Crippen molar-refractivity contribution < 1.29 is 14.3 Å². The molecule has 0 saturated heterocycles. The number of benzene rings is 1. The highest BCUT2D eigenvalue weighted by molar-refractivity contribution is 7.14. The van der Waals surface area contributed by atoms with Crippen LogP contribution in [0.3, 0.4) is 0 Å². The summed E-state index contributed by atoms with van der Waals surface area (Å²) in [6.45, 7) is 3.99. The SMILES string of the molecule is CCc1cc(C(=O)OC(C(N)=O)c2ccccc2)sc1C. The van der Waals surface area contributed by atoms with Gasteiger partial charge in [-0.3, -0.25) is 4.79 Å². The molecular formula is C16H17NO3S. The first-order valence-corrected chi connectivity index (χ1v) is 7.49. The van der Waals surface area contributed by atoms with Crippen molar-refractivity contribution in [2.45, 2.75) is 26.4 Å². The summed E-state index contributed by atoms with van der Waals surface area (Å²) in [5.74, 6) is -1.20. The molecule has 2 rings (SSSR count). The molecule has 1 atom stereocenters. The lowest BCUT2D eigenvalue weighted by Gasteiger charge is -2.14. The van der Waals surface area contributed by atoms with Crippen LogP contribution in [0.15, 0.2) is 36.4 Å². The summed E-state index contributed by atoms with van der Waals surface area (Å²) >= 11 is 1.37. The highest BCUT2D eigenvalue weighted by Gasteiger charge is 2.24. The summed E-state index contributed by atoms with van der Waals surface area (Å²) < 4.78 is 5.29. The van der Waals surface area contributed by atoms with Gasteiger partial charge in [0.1, 0.15) is 4.88 Å². The molecule has 110 valence electrons. The van der Waals surface area contributed by atoms with Gasteiger partial charge in [-0.25, -0.2) is 4.79 Å². The second-order valence-electron chi connectivity index (χ2n) is 4.64. The van der Waals surface area contributed by atoms with E-state index >= 15 is 0 Å². The average molecular weight is 303 g/mol. The maximum absolute atomic E-state index is 12.2. The zero-order valence-corrected chi connectivity index (χ0v) is 12.8. The lowest BCUT2D eigenvalue weighted by Crippen LogP contribution is -2.26. The van der Waals surface area contributed by atoms with Crippen LogP contribution in [0.25, 0.3) is 0 Å². The number of rotatable bonds is 5. The molecule has 1 amide bonds. The van der Waals surface area contributed by atoms with Gasteiger partial charge in [0.25, 0.3) is 5.91 Å². The molecule has 0 aliphatic rings. The van der Waals surface area contributed by atoms with Crippen LogP contribution in [0.2, 0.25) is 0 Å². The number of primary amides is 1. The largest absolute Gasteiger partial charge is 0.443 e. The zero-order chi connectivity index (χ0) is 15.4. The van der Waals surface area contributed by atoms with Crippen LogP contribution in [-0.4, -0.2) is 11.9 Å². The van der Waals surface area contributed by atoms with Gasteiger partial charge in [0.15, 0.2) is 0 Å². The average Bonchev–Trinajstić information content (AvgIpc) is 2.86. The van der Waals surface area contributed by atoms with Crippen LogP contribution in [0, 0.1) is 6.92 Å². The lowest BCUT2D eigenvalue weighted by atomic mass is 10.1. The molecule has 0 bridgehead atoms. The molecular weight excluding hydrogens is 286 g/mol. The van der Waals surface area contributed by atoms with E-state index in [-0.39, 0.29) is 0 Å². The third kappa shape index (κ3) is 3.49. The second-order valence-corrected chi connectivity index (χ2v) is 5.90. The molecule has 0 fully saturated rings. The fraction of sp³-hybridized carbons (Fsp3) is 0.250. The third-order valence-corrected chi connectivity index (χ3v) is 4.26. The van der Waals surface area contributed by atoms with Gasteiger partial charge < -0.3 is 10.5 Å². The molecule has 0 saturated carbocycles. The zero-order valence-electron chi connectivity index (χ0n) is 12.0. The van der Waals surface area contributed by atoms with Crippen LogP contribution in [0.1, 0.15) is 38.7 Å². The molecule has 0 aliphatic carbocycles. The van der Waals surface area contributed by atoms with E-state index in [2.05, 4.69) is 0 Å². The molecule has 0 spiro atoms. The maximum atomic E-state index is 12.2. The summed E-state index contributed by atoms with van der Waals surface area (Å²) in [5, 5.41) is 0. The van der Waals surface area contributed by atoms with Gasteiger partial charge >= 0.3 is 5.97 Å². The summed E-state index contributed by atoms with van der Waals surface area (Å²) in [6.07, 6.45) is -0.209. The Kier molecular flexibility index (Phi) is 4.75. The first kappa shape index (κ1) is 15.3. The van der Waals surface area contributed by atoms with E-state index in [1.165, 1.54) is 11.3 Å². The number of ether oxygens (including phenoxy) is 1. The molecule has 0 aliphatic heterocycles. The van der Waals surface area contributed by atoms with Gasteiger partial charge in [0.05, 0.1) is 0 Å². The van der Waals surface area contributed by atoms with Gasteiger partial charge in [-0.05, 0) is 25.0 Å². The normalized spacial score (nSPS) is 11.9. The molecule has 1 heterocycles. The molecule has 0 radical (unpaired) electrons. The van der Waals surface area contributed by atoms with Gasteiger partial charge in [0, 0.05) is 10.4 Å². The highest BCUT2D eigenvalue weighted by atomic mass is 32.1. The Morgan fingerprint density at radius 1 is 1.29 bits per heavy atom. The number of aryl methyl sites for hydroxylation is 2. The number of thiophene rings is 1. The van der Waals surface area contributed by atoms with E-state index < -0.39 is 18.0 Å². The van der Waals surface area contributed by atoms with Gasteiger partial charge in [-0.15, -0.1) is 11.3 Å². The van der Waals surface area contributed by atoms with Crippen LogP contribution in [-0.2, 0) is 16.0 Å². The molecule has 2 N–H and O–H groups in total. The van der Waals surface area contributed by atoms with E-state index in [0.29, 0.717) is 10.4 Å². The Bertz CT molecular complexity index is 649. The minimum atomic E-state index is -1.06. The quantitative estimate of drug-likeness (QED) is 0.863. The predicted octanol–water partition coefficient (Wildman–Crippen LogP) is 3.00. The highest BCUT2D eigenvalue weighted by Crippen LogP contribution is 2.25. The molecule has 1 aromatic carbocycles. The Hall–Kier alpha value is -2.14. The number of amides is 1. The van der Waals surface area contributed by atoms with Crippen LogP contribution in [0.5, 0.6) is 0 Å². The molecule has 2 aromatic rings. The van der Waals surface area contributed by atoms with Crippen molar-refractivity contribution in [2.24, 2.45) is 5.73 Å². The minimum absolute atomic E-state index is 0.492. The maximum Gasteiger partial charge on any atom is 0.349 e. The van der Waals surface area contributed by atoms with Gasteiger partial charge in [0.2, 0.25) is 6.10 Å². The number of hydrogen-bond acceptors (Lipinski definition) is 4. The van der Waals surface area contributed by atoms with Crippen LogP contribution in [0.4, 0.5) is 0 Å². The van der Waals surface area contributed by atoms with Gasteiger partial charge in [-0.1, -0.05) is 37.3 Å². The lowest BCUT2D eigenvalue weighted by molar-refractivity contribution is -0.127. The smallest absolute Gasteiger partial charge is 0.349 e. The number of nitrogens with two attached hydrogens (primary N) is 1. The predicted molar refractivity (Wildman–Crippen MR) is 82.2 cm³/mol. The fourth-order valence-corrected chi connectivity index (χ4v) is 3.05. The number of carbonyl (C=O) groups is 2. The number of hydrogen-bond donors (Lipinski definition) is 1. The summed E-state index contributed by atoms with van der Waals surface area (Å²) in [5.41, 5.74) is 7.03. The van der Waals surface area contributed by atoms with E-state index in [1.54, 1.807) is 24.3 Å². The second kappa shape index (κ2) is 6.54.